The van der Waals surface area contributed by atoms with Crippen molar-refractivity contribution < 1.29 is 4.84 Å². The molecule has 4 atom stereocenters. The summed E-state index contributed by atoms with van der Waals surface area (Å²) in [6, 6.07) is 27.0. The van der Waals surface area contributed by atoms with Crippen molar-refractivity contribution in [2.45, 2.75) is 44.1 Å². The number of oxime groups is 1. The third-order valence-electron chi connectivity index (χ3n) is 7.11. The van der Waals surface area contributed by atoms with E-state index in [1.165, 1.54) is 23.3 Å². The van der Waals surface area contributed by atoms with Crippen molar-refractivity contribution in [3.8, 4) is 0 Å². The Morgan fingerprint density at radius 3 is 1.75 bits per heavy atom. The number of nitrogens with zero attached hydrogens (tertiary/aromatic N) is 1. The molecule has 3 aromatic rings. The highest BCUT2D eigenvalue weighted by atomic mass is 35.5. The van der Waals surface area contributed by atoms with Crippen LogP contribution in [0, 0.1) is 11.8 Å². The summed E-state index contributed by atoms with van der Waals surface area (Å²) < 4.78 is 0. The minimum atomic E-state index is 0.406. The van der Waals surface area contributed by atoms with Crippen LogP contribution in [0.15, 0.2) is 84.0 Å². The van der Waals surface area contributed by atoms with E-state index in [2.05, 4.69) is 36.4 Å². The lowest BCUT2D eigenvalue weighted by Crippen LogP contribution is -2.42. The molecule has 0 radical (unpaired) electrons. The lowest BCUT2D eigenvalue weighted by molar-refractivity contribution is 0.120. The highest BCUT2D eigenvalue weighted by molar-refractivity contribution is 6.30. The van der Waals surface area contributed by atoms with Gasteiger partial charge in [-0.3, -0.25) is 0 Å². The van der Waals surface area contributed by atoms with Crippen LogP contribution < -0.4 is 0 Å². The Bertz CT molecular complexity index is 1000. The largest absolute Gasteiger partial charge is 0.391 e. The van der Waals surface area contributed by atoms with Gasteiger partial charge in [0, 0.05) is 21.9 Å². The summed E-state index contributed by atoms with van der Waals surface area (Å²) in [6.45, 7) is 0.501. The third-order valence-corrected chi connectivity index (χ3v) is 7.61. The van der Waals surface area contributed by atoms with Crippen LogP contribution >= 0.6 is 23.2 Å². The van der Waals surface area contributed by atoms with E-state index in [0.29, 0.717) is 30.3 Å². The maximum atomic E-state index is 6.19. The Kier molecular flexibility index (Phi) is 6.52. The maximum Gasteiger partial charge on any atom is 0.142 e. The van der Waals surface area contributed by atoms with Gasteiger partial charge in [-0.05, 0) is 72.1 Å². The summed E-state index contributed by atoms with van der Waals surface area (Å²) in [4.78, 5) is 5.95. The molecule has 0 saturated heterocycles. The van der Waals surface area contributed by atoms with Crippen molar-refractivity contribution in [2.24, 2.45) is 17.0 Å². The third kappa shape index (κ3) is 4.58. The van der Waals surface area contributed by atoms with Gasteiger partial charge in [0.2, 0.25) is 0 Å². The topological polar surface area (TPSA) is 21.6 Å². The van der Waals surface area contributed by atoms with E-state index in [-0.39, 0.29) is 0 Å². The van der Waals surface area contributed by atoms with Crippen molar-refractivity contribution in [3.63, 3.8) is 0 Å². The van der Waals surface area contributed by atoms with E-state index < -0.39 is 0 Å². The summed E-state index contributed by atoms with van der Waals surface area (Å²) in [5.41, 5.74) is 5.06. The molecule has 4 unspecified atom stereocenters. The van der Waals surface area contributed by atoms with Crippen molar-refractivity contribution in [1.82, 2.24) is 0 Å². The minimum Gasteiger partial charge on any atom is -0.391 e. The monoisotopic (exact) mass is 463 g/mol. The van der Waals surface area contributed by atoms with Gasteiger partial charge in [0.1, 0.15) is 6.61 Å². The molecule has 3 aromatic carbocycles. The molecule has 2 nitrogen and oxygen atoms in total. The fourth-order valence-corrected chi connectivity index (χ4v) is 5.84. The normalized spacial score (nSPS) is 24.8. The second kappa shape index (κ2) is 9.68. The molecule has 2 aliphatic carbocycles. The SMILES string of the molecule is Clc1ccc(C2CC(c3ccc(Cl)cc3)C3CCCC2C3=NOCc2ccccc2)cc1. The molecule has 2 aliphatic rings. The number of halogens is 2. The molecule has 0 aliphatic heterocycles. The number of fused-ring (bicyclic) bond motifs is 2. The van der Waals surface area contributed by atoms with Crippen LogP contribution in [0.25, 0.3) is 0 Å². The zero-order valence-corrected chi connectivity index (χ0v) is 19.5. The molecule has 5 rings (SSSR count). The van der Waals surface area contributed by atoms with E-state index in [0.717, 1.165) is 34.9 Å². The molecule has 0 N–H and O–H groups in total. The Hall–Kier alpha value is -2.29. The van der Waals surface area contributed by atoms with Crippen LogP contribution in [-0.4, -0.2) is 5.71 Å². The molecule has 164 valence electrons. The van der Waals surface area contributed by atoms with E-state index >= 15 is 0 Å². The molecular formula is C28H27Cl2NO. The average molecular weight is 464 g/mol. The standard InChI is InChI=1S/C28H27Cl2NO/c29-22-13-9-20(10-14-22)26-17-27(21-11-15-23(30)16-12-21)25-8-4-7-24(26)28(25)31-32-18-19-5-2-1-3-6-19/h1-3,5-6,9-16,24-27H,4,7-8,17-18H2. The lowest BCUT2D eigenvalue weighted by Gasteiger charge is -2.46. The van der Waals surface area contributed by atoms with Gasteiger partial charge < -0.3 is 4.84 Å². The summed E-state index contributed by atoms with van der Waals surface area (Å²) >= 11 is 12.4. The molecule has 0 spiro atoms. The van der Waals surface area contributed by atoms with Gasteiger partial charge >= 0.3 is 0 Å². The fourth-order valence-electron chi connectivity index (χ4n) is 5.59. The van der Waals surface area contributed by atoms with Crippen molar-refractivity contribution in [2.75, 3.05) is 0 Å². The predicted octanol–water partition coefficient (Wildman–Crippen LogP) is 8.25. The summed E-state index contributed by atoms with van der Waals surface area (Å²) in [6.07, 6.45) is 4.65. The Morgan fingerprint density at radius 1 is 0.688 bits per heavy atom. The number of hydrogen-bond donors (Lipinski definition) is 0. The Labute approximate surface area is 200 Å². The maximum absolute atomic E-state index is 6.19. The Balaban J connectivity index is 1.49. The quantitative estimate of drug-likeness (QED) is 0.348. The number of hydrogen-bond acceptors (Lipinski definition) is 2. The highest BCUT2D eigenvalue weighted by Gasteiger charge is 2.45. The van der Waals surface area contributed by atoms with Crippen LogP contribution in [0.5, 0.6) is 0 Å². The van der Waals surface area contributed by atoms with Crippen LogP contribution in [0.1, 0.15) is 54.2 Å². The molecule has 0 aromatic heterocycles. The predicted molar refractivity (Wildman–Crippen MR) is 132 cm³/mol. The van der Waals surface area contributed by atoms with Gasteiger partial charge in [0.15, 0.2) is 0 Å². The van der Waals surface area contributed by atoms with Gasteiger partial charge in [-0.15, -0.1) is 0 Å². The molecule has 4 heteroatoms. The molecule has 0 amide bonds. The van der Waals surface area contributed by atoms with E-state index in [9.17, 15) is 0 Å². The molecule has 2 saturated carbocycles. The fraction of sp³-hybridized carbons (Fsp3) is 0.321. The molecule has 2 fully saturated rings. The van der Waals surface area contributed by atoms with Crippen molar-refractivity contribution in [3.05, 3.63) is 106 Å². The van der Waals surface area contributed by atoms with Crippen LogP contribution in [-0.2, 0) is 11.4 Å². The first-order valence-corrected chi connectivity index (χ1v) is 12.2. The van der Waals surface area contributed by atoms with Crippen LogP contribution in [0.2, 0.25) is 10.0 Å². The molecular weight excluding hydrogens is 437 g/mol. The zero-order valence-electron chi connectivity index (χ0n) is 18.0. The number of benzene rings is 3. The minimum absolute atomic E-state index is 0.406. The van der Waals surface area contributed by atoms with E-state index in [1.54, 1.807) is 0 Å². The van der Waals surface area contributed by atoms with Gasteiger partial charge in [-0.2, -0.15) is 0 Å². The first-order valence-electron chi connectivity index (χ1n) is 11.4. The van der Waals surface area contributed by atoms with Gasteiger partial charge in [0.25, 0.3) is 0 Å². The van der Waals surface area contributed by atoms with Crippen LogP contribution in [0.4, 0.5) is 0 Å². The smallest absolute Gasteiger partial charge is 0.142 e. The summed E-state index contributed by atoms with van der Waals surface area (Å²) in [5, 5.41) is 6.37. The number of rotatable bonds is 5. The average Bonchev–Trinajstić information content (AvgIpc) is 2.82. The Morgan fingerprint density at radius 2 is 1.22 bits per heavy atom. The van der Waals surface area contributed by atoms with Crippen LogP contribution in [0.3, 0.4) is 0 Å². The van der Waals surface area contributed by atoms with Crippen molar-refractivity contribution in [1.29, 1.82) is 0 Å². The van der Waals surface area contributed by atoms with E-state index in [1.807, 2.05) is 42.5 Å². The summed E-state index contributed by atoms with van der Waals surface area (Å²) in [7, 11) is 0. The van der Waals surface area contributed by atoms with Gasteiger partial charge in [-0.25, -0.2) is 0 Å². The molecule has 0 heterocycles. The first-order chi connectivity index (χ1) is 15.7. The van der Waals surface area contributed by atoms with Gasteiger partial charge in [-0.1, -0.05) is 89.4 Å². The van der Waals surface area contributed by atoms with Crippen molar-refractivity contribution >= 4 is 28.9 Å². The summed E-state index contributed by atoms with van der Waals surface area (Å²) in [5.74, 6) is 1.63. The molecule has 2 bridgehead atoms. The second-order valence-electron chi connectivity index (χ2n) is 8.97. The second-order valence-corrected chi connectivity index (χ2v) is 9.84. The molecule has 32 heavy (non-hydrogen) atoms. The highest BCUT2D eigenvalue weighted by Crippen LogP contribution is 2.52. The van der Waals surface area contributed by atoms with E-state index in [4.69, 9.17) is 33.2 Å². The van der Waals surface area contributed by atoms with Gasteiger partial charge in [0.05, 0.1) is 5.71 Å². The first kappa shape index (κ1) is 21.6. The zero-order chi connectivity index (χ0) is 21.9. The lowest BCUT2D eigenvalue weighted by atomic mass is 9.58.